The van der Waals surface area contributed by atoms with Gasteiger partial charge in [-0.15, -0.1) is 11.3 Å². The number of aliphatic carboxylic acids is 1. The number of aromatic nitrogens is 1. The van der Waals surface area contributed by atoms with Crippen molar-refractivity contribution in [2.45, 2.75) is 51.1 Å². The van der Waals surface area contributed by atoms with Gasteiger partial charge in [-0.1, -0.05) is 13.3 Å². The summed E-state index contributed by atoms with van der Waals surface area (Å²) in [6.45, 7) is 4.21. The molecule has 1 aromatic rings. The van der Waals surface area contributed by atoms with Gasteiger partial charge >= 0.3 is 5.97 Å². The van der Waals surface area contributed by atoms with Crippen molar-refractivity contribution in [3.63, 3.8) is 0 Å². The van der Waals surface area contributed by atoms with E-state index in [1.165, 1.54) is 16.2 Å². The molecule has 2 unspecified atom stereocenters. The smallest absolute Gasteiger partial charge is 0.329 e. The lowest BCUT2D eigenvalue weighted by Crippen LogP contribution is -2.53. The maximum Gasteiger partial charge on any atom is 0.329 e. The van der Waals surface area contributed by atoms with Gasteiger partial charge in [-0.3, -0.25) is 4.79 Å². The Kier molecular flexibility index (Phi) is 4.63. The van der Waals surface area contributed by atoms with Gasteiger partial charge in [-0.05, 0) is 26.2 Å². The Morgan fingerprint density at radius 1 is 1.62 bits per heavy atom. The molecule has 1 fully saturated rings. The lowest BCUT2D eigenvalue weighted by atomic mass is 9.90. The second-order valence-corrected chi connectivity index (χ2v) is 6.40. The lowest BCUT2D eigenvalue weighted by Gasteiger charge is -2.34. The van der Waals surface area contributed by atoms with Crippen LogP contribution >= 0.6 is 11.3 Å². The van der Waals surface area contributed by atoms with Crippen LogP contribution in [0.25, 0.3) is 0 Å². The van der Waals surface area contributed by atoms with Gasteiger partial charge in [0, 0.05) is 11.9 Å². The van der Waals surface area contributed by atoms with Crippen molar-refractivity contribution in [1.29, 1.82) is 0 Å². The summed E-state index contributed by atoms with van der Waals surface area (Å²) in [5, 5.41) is 12.0. The number of nitrogens with two attached hydrogens (primary N) is 1. The number of hydrogen-bond donors (Lipinski definition) is 2. The first kappa shape index (κ1) is 15.9. The summed E-state index contributed by atoms with van der Waals surface area (Å²) < 4.78 is 0. The van der Waals surface area contributed by atoms with E-state index in [0.717, 1.165) is 6.42 Å². The van der Waals surface area contributed by atoms with Gasteiger partial charge in [0.1, 0.15) is 16.2 Å². The standard InChI is InChI=1S/C14H21N3O3S/c1-3-5-14(13(19)20)6-4-7-17(14)12(18)10-8-21-11(16-10)9(2)15/h8-9H,3-7,15H2,1-2H3,(H,19,20). The third-order valence-electron chi connectivity index (χ3n) is 3.93. The SMILES string of the molecule is CCCC1(C(=O)O)CCCN1C(=O)c1csc(C(C)N)n1. The first-order chi connectivity index (χ1) is 9.92. The third-order valence-corrected chi connectivity index (χ3v) is 4.97. The number of likely N-dealkylation sites (tertiary alicyclic amines) is 1. The fraction of sp³-hybridized carbons (Fsp3) is 0.643. The highest BCUT2D eigenvalue weighted by Crippen LogP contribution is 2.35. The quantitative estimate of drug-likeness (QED) is 0.867. The van der Waals surface area contributed by atoms with Crippen LogP contribution in [0.4, 0.5) is 0 Å². The summed E-state index contributed by atoms with van der Waals surface area (Å²) in [5.74, 6) is -1.22. The normalized spacial score (nSPS) is 23.3. The molecule has 0 saturated carbocycles. The van der Waals surface area contributed by atoms with Crippen LogP contribution in [0, 0.1) is 0 Å². The number of carboxylic acid groups (broad SMARTS) is 1. The molecule has 1 aliphatic rings. The van der Waals surface area contributed by atoms with Crippen molar-refractivity contribution < 1.29 is 14.7 Å². The first-order valence-corrected chi connectivity index (χ1v) is 8.06. The number of carboxylic acids is 1. The Morgan fingerprint density at radius 2 is 2.33 bits per heavy atom. The molecule has 1 aromatic heterocycles. The van der Waals surface area contributed by atoms with Crippen molar-refractivity contribution in [3.8, 4) is 0 Å². The molecule has 0 aromatic carbocycles. The van der Waals surface area contributed by atoms with Crippen molar-refractivity contribution in [3.05, 3.63) is 16.1 Å². The van der Waals surface area contributed by atoms with Gasteiger partial charge < -0.3 is 15.7 Å². The van der Waals surface area contributed by atoms with Gasteiger partial charge in [0.2, 0.25) is 0 Å². The Balaban J connectivity index is 2.29. The van der Waals surface area contributed by atoms with E-state index in [1.54, 1.807) is 5.38 Å². The van der Waals surface area contributed by atoms with Gasteiger partial charge in [-0.2, -0.15) is 0 Å². The van der Waals surface area contributed by atoms with Gasteiger partial charge in [0.15, 0.2) is 0 Å². The molecule has 0 radical (unpaired) electrons. The summed E-state index contributed by atoms with van der Waals surface area (Å²) in [7, 11) is 0. The predicted octanol–water partition coefficient (Wildman–Crippen LogP) is 2.02. The van der Waals surface area contributed by atoms with E-state index in [0.29, 0.717) is 36.5 Å². The van der Waals surface area contributed by atoms with E-state index < -0.39 is 11.5 Å². The van der Waals surface area contributed by atoms with E-state index in [9.17, 15) is 14.7 Å². The molecule has 0 spiro atoms. The highest BCUT2D eigenvalue weighted by Gasteiger charge is 2.49. The first-order valence-electron chi connectivity index (χ1n) is 7.18. The molecular formula is C14H21N3O3S. The molecular weight excluding hydrogens is 290 g/mol. The lowest BCUT2D eigenvalue weighted by molar-refractivity contribution is -0.148. The van der Waals surface area contributed by atoms with Gasteiger partial charge in [-0.25, -0.2) is 9.78 Å². The largest absolute Gasteiger partial charge is 0.479 e. The minimum Gasteiger partial charge on any atom is -0.479 e. The summed E-state index contributed by atoms with van der Waals surface area (Å²) in [6, 6.07) is -0.227. The molecule has 2 heterocycles. The molecule has 6 nitrogen and oxygen atoms in total. The number of hydrogen-bond acceptors (Lipinski definition) is 5. The van der Waals surface area contributed by atoms with Crippen LogP contribution in [0.15, 0.2) is 5.38 Å². The average Bonchev–Trinajstić information content (AvgIpc) is 3.05. The highest BCUT2D eigenvalue weighted by molar-refractivity contribution is 7.09. The number of nitrogens with zero attached hydrogens (tertiary/aromatic N) is 2. The van der Waals surface area contributed by atoms with Crippen molar-refractivity contribution in [2.24, 2.45) is 5.73 Å². The Labute approximate surface area is 128 Å². The van der Waals surface area contributed by atoms with E-state index in [4.69, 9.17) is 5.73 Å². The molecule has 1 aliphatic heterocycles. The van der Waals surface area contributed by atoms with Crippen LogP contribution < -0.4 is 5.73 Å². The zero-order valence-corrected chi connectivity index (χ0v) is 13.2. The maximum atomic E-state index is 12.6. The second kappa shape index (κ2) is 6.11. The fourth-order valence-electron chi connectivity index (χ4n) is 2.91. The number of carbonyl (C=O) groups is 2. The zero-order chi connectivity index (χ0) is 15.6. The van der Waals surface area contributed by atoms with E-state index >= 15 is 0 Å². The van der Waals surface area contributed by atoms with Crippen LogP contribution in [-0.4, -0.2) is 39.0 Å². The summed E-state index contributed by atoms with van der Waals surface area (Å²) >= 11 is 1.34. The van der Waals surface area contributed by atoms with Crippen molar-refractivity contribution in [2.75, 3.05) is 6.54 Å². The van der Waals surface area contributed by atoms with Gasteiger partial charge in [0.25, 0.3) is 5.91 Å². The number of rotatable bonds is 5. The minimum atomic E-state index is -1.08. The molecule has 0 bridgehead atoms. The minimum absolute atomic E-state index is 0.227. The molecule has 1 amide bonds. The number of amides is 1. The monoisotopic (exact) mass is 311 g/mol. The molecule has 7 heteroatoms. The van der Waals surface area contributed by atoms with Gasteiger partial charge in [0.05, 0.1) is 6.04 Å². The van der Waals surface area contributed by atoms with Crippen LogP contribution in [0.1, 0.15) is 61.1 Å². The molecule has 3 N–H and O–H groups in total. The Hall–Kier alpha value is -1.47. The zero-order valence-electron chi connectivity index (χ0n) is 12.3. The Morgan fingerprint density at radius 3 is 2.86 bits per heavy atom. The number of carbonyl (C=O) groups excluding carboxylic acids is 1. The van der Waals surface area contributed by atoms with E-state index in [2.05, 4.69) is 4.98 Å². The van der Waals surface area contributed by atoms with E-state index in [1.807, 2.05) is 13.8 Å². The summed E-state index contributed by atoms with van der Waals surface area (Å²) in [4.78, 5) is 30.1. The number of thiazole rings is 1. The summed E-state index contributed by atoms with van der Waals surface area (Å²) in [6.07, 6.45) is 2.41. The van der Waals surface area contributed by atoms with Crippen LogP contribution in [0.5, 0.6) is 0 Å². The van der Waals surface area contributed by atoms with Crippen LogP contribution in [-0.2, 0) is 4.79 Å². The van der Waals surface area contributed by atoms with Crippen molar-refractivity contribution >= 4 is 23.2 Å². The maximum absolute atomic E-state index is 12.6. The molecule has 2 rings (SSSR count). The van der Waals surface area contributed by atoms with Crippen LogP contribution in [0.2, 0.25) is 0 Å². The predicted molar refractivity (Wildman–Crippen MR) is 80.3 cm³/mol. The van der Waals surface area contributed by atoms with Crippen LogP contribution in [0.3, 0.4) is 0 Å². The highest BCUT2D eigenvalue weighted by atomic mass is 32.1. The molecule has 0 aliphatic carbocycles. The molecule has 21 heavy (non-hydrogen) atoms. The van der Waals surface area contributed by atoms with E-state index in [-0.39, 0.29) is 11.9 Å². The third kappa shape index (κ3) is 2.80. The molecule has 2 atom stereocenters. The average molecular weight is 311 g/mol. The summed E-state index contributed by atoms with van der Waals surface area (Å²) in [5.41, 5.74) is 4.98. The topological polar surface area (TPSA) is 96.5 Å². The Bertz CT molecular complexity index is 543. The molecule has 1 saturated heterocycles. The molecule has 116 valence electrons. The second-order valence-electron chi connectivity index (χ2n) is 5.51. The van der Waals surface area contributed by atoms with Crippen molar-refractivity contribution in [1.82, 2.24) is 9.88 Å². The fourth-order valence-corrected chi connectivity index (χ4v) is 3.66.